The maximum absolute atomic E-state index is 13.5. The summed E-state index contributed by atoms with van der Waals surface area (Å²) in [4.78, 5) is 6.11. The average Bonchev–Trinajstić information content (AvgIpc) is 2.50. The van der Waals surface area contributed by atoms with E-state index in [4.69, 9.17) is 4.74 Å². The molecule has 0 saturated heterocycles. The minimum absolute atomic E-state index is 0.0413. The van der Waals surface area contributed by atoms with Crippen LogP contribution in [0.5, 0.6) is 5.75 Å². The Labute approximate surface area is 141 Å². The van der Waals surface area contributed by atoms with Crippen LogP contribution in [0, 0.1) is 12.8 Å². The van der Waals surface area contributed by atoms with Crippen LogP contribution in [0.3, 0.4) is 0 Å². The zero-order valence-electron chi connectivity index (χ0n) is 14.9. The van der Waals surface area contributed by atoms with Gasteiger partial charge in [0, 0.05) is 25.2 Å². The molecule has 0 aliphatic heterocycles. The number of benzene rings is 1. The number of rotatable bonds is 6. The van der Waals surface area contributed by atoms with Gasteiger partial charge >= 0.3 is 6.18 Å². The highest BCUT2D eigenvalue weighted by Crippen LogP contribution is 2.48. The Hall–Kier alpha value is -1.76. The van der Waals surface area contributed by atoms with Crippen LogP contribution in [0.25, 0.3) is 0 Å². The molecule has 1 aromatic rings. The van der Waals surface area contributed by atoms with Gasteiger partial charge in [-0.05, 0) is 31.4 Å². The van der Waals surface area contributed by atoms with Gasteiger partial charge in [-0.1, -0.05) is 13.8 Å². The van der Waals surface area contributed by atoms with Crippen molar-refractivity contribution in [3.63, 3.8) is 0 Å². The number of hydrogen-bond acceptors (Lipinski definition) is 3. The van der Waals surface area contributed by atoms with Crippen LogP contribution in [0.4, 0.5) is 18.9 Å². The molecule has 1 atom stereocenters. The van der Waals surface area contributed by atoms with Gasteiger partial charge in [-0.15, -0.1) is 0 Å². The molecule has 1 unspecified atom stereocenters. The van der Waals surface area contributed by atoms with Gasteiger partial charge in [0.1, 0.15) is 5.75 Å². The number of aryl methyl sites for hydroxylation is 1. The number of ether oxygens (including phenoxy) is 1. The van der Waals surface area contributed by atoms with Crippen LogP contribution < -0.4 is 4.74 Å². The zero-order chi connectivity index (χ0) is 18.7. The SMILES string of the molecule is CCN(C)/C=N/c1cc(OC)c(C(O)(C(C)C)C(F)(F)F)cc1C. The molecule has 0 bridgehead atoms. The molecule has 24 heavy (non-hydrogen) atoms. The number of aliphatic imine (C=N–C) groups is 1. The van der Waals surface area contributed by atoms with Gasteiger partial charge in [-0.3, -0.25) is 0 Å². The molecule has 0 heterocycles. The van der Waals surface area contributed by atoms with Gasteiger partial charge < -0.3 is 14.7 Å². The molecular formula is C17H25F3N2O2. The summed E-state index contributed by atoms with van der Waals surface area (Å²) in [6.07, 6.45) is -3.23. The lowest BCUT2D eigenvalue weighted by Gasteiger charge is -2.35. The Balaban J connectivity index is 3.51. The topological polar surface area (TPSA) is 45.1 Å². The van der Waals surface area contributed by atoms with Crippen molar-refractivity contribution in [2.75, 3.05) is 20.7 Å². The summed E-state index contributed by atoms with van der Waals surface area (Å²) in [5.74, 6) is -1.12. The summed E-state index contributed by atoms with van der Waals surface area (Å²) in [6, 6.07) is 2.72. The van der Waals surface area contributed by atoms with Crippen molar-refractivity contribution in [1.82, 2.24) is 4.90 Å². The van der Waals surface area contributed by atoms with E-state index in [1.807, 2.05) is 18.9 Å². The Bertz CT molecular complexity index is 600. The standard InChI is InChI=1S/C17H25F3N2O2/c1-7-22(5)10-21-14-9-15(24-6)13(8-12(14)4)16(23,11(2)3)17(18,19)20/h8-11,23H,7H2,1-6H3/b21-10+. The molecule has 0 aromatic heterocycles. The van der Waals surface area contributed by atoms with E-state index in [0.29, 0.717) is 11.3 Å². The number of hydrogen-bond donors (Lipinski definition) is 1. The second-order valence-corrected chi connectivity index (χ2v) is 6.08. The number of alkyl halides is 3. The normalized spacial score (nSPS) is 15.0. The molecule has 0 radical (unpaired) electrons. The monoisotopic (exact) mass is 346 g/mol. The maximum atomic E-state index is 13.5. The van der Waals surface area contributed by atoms with E-state index in [-0.39, 0.29) is 11.3 Å². The largest absolute Gasteiger partial charge is 0.496 e. The fourth-order valence-corrected chi connectivity index (χ4v) is 2.32. The van der Waals surface area contributed by atoms with Crippen molar-refractivity contribution in [1.29, 1.82) is 0 Å². The van der Waals surface area contributed by atoms with E-state index >= 15 is 0 Å². The molecule has 4 nitrogen and oxygen atoms in total. The van der Waals surface area contributed by atoms with Crippen LogP contribution in [-0.2, 0) is 5.60 Å². The van der Waals surface area contributed by atoms with Crippen LogP contribution in [-0.4, -0.2) is 43.2 Å². The lowest BCUT2D eigenvalue weighted by molar-refractivity contribution is -0.283. The van der Waals surface area contributed by atoms with Gasteiger partial charge in [-0.2, -0.15) is 13.2 Å². The summed E-state index contributed by atoms with van der Waals surface area (Å²) >= 11 is 0. The highest BCUT2D eigenvalue weighted by atomic mass is 19.4. The van der Waals surface area contributed by atoms with Gasteiger partial charge in [0.15, 0.2) is 5.60 Å². The number of methoxy groups -OCH3 is 1. The van der Waals surface area contributed by atoms with E-state index in [1.54, 1.807) is 13.3 Å². The highest BCUT2D eigenvalue weighted by molar-refractivity contribution is 5.65. The smallest absolute Gasteiger partial charge is 0.421 e. The highest BCUT2D eigenvalue weighted by Gasteiger charge is 2.58. The Morgan fingerprint density at radius 2 is 1.92 bits per heavy atom. The van der Waals surface area contributed by atoms with Crippen molar-refractivity contribution in [2.24, 2.45) is 10.9 Å². The Morgan fingerprint density at radius 1 is 1.33 bits per heavy atom. The van der Waals surface area contributed by atoms with Gasteiger partial charge in [0.2, 0.25) is 0 Å². The molecule has 0 spiro atoms. The van der Waals surface area contributed by atoms with E-state index in [9.17, 15) is 18.3 Å². The summed E-state index contributed by atoms with van der Waals surface area (Å²) in [6.45, 7) is 7.00. The van der Waals surface area contributed by atoms with Crippen LogP contribution in [0.1, 0.15) is 31.9 Å². The molecule has 1 N–H and O–H groups in total. The first kappa shape index (κ1) is 20.3. The summed E-state index contributed by atoms with van der Waals surface area (Å²) in [5.41, 5.74) is -2.28. The summed E-state index contributed by atoms with van der Waals surface area (Å²) in [5, 5.41) is 10.4. The minimum atomic E-state index is -4.83. The first-order valence-corrected chi connectivity index (χ1v) is 7.71. The molecule has 0 saturated carbocycles. The number of nitrogens with zero attached hydrogens (tertiary/aromatic N) is 2. The van der Waals surface area contributed by atoms with Gasteiger partial charge in [0.05, 0.1) is 19.1 Å². The van der Waals surface area contributed by atoms with E-state index in [2.05, 4.69) is 4.99 Å². The average molecular weight is 346 g/mol. The molecule has 0 amide bonds. The Kier molecular flexibility index (Phi) is 6.27. The maximum Gasteiger partial charge on any atom is 0.421 e. The minimum Gasteiger partial charge on any atom is -0.496 e. The molecule has 0 aliphatic rings. The lowest BCUT2D eigenvalue weighted by Crippen LogP contribution is -2.47. The quantitative estimate of drug-likeness (QED) is 0.625. The van der Waals surface area contributed by atoms with Crippen molar-refractivity contribution < 1.29 is 23.0 Å². The number of aliphatic hydroxyl groups is 1. The fraction of sp³-hybridized carbons (Fsp3) is 0.588. The second-order valence-electron chi connectivity index (χ2n) is 6.08. The predicted octanol–water partition coefficient (Wildman–Crippen LogP) is 4.02. The molecule has 0 fully saturated rings. The third kappa shape index (κ3) is 3.83. The van der Waals surface area contributed by atoms with Crippen molar-refractivity contribution in [3.8, 4) is 5.75 Å². The molecular weight excluding hydrogens is 321 g/mol. The van der Waals surface area contributed by atoms with Gasteiger partial charge in [-0.25, -0.2) is 4.99 Å². The Morgan fingerprint density at radius 3 is 2.33 bits per heavy atom. The predicted molar refractivity (Wildman–Crippen MR) is 89.0 cm³/mol. The van der Waals surface area contributed by atoms with Crippen LogP contribution in [0.15, 0.2) is 17.1 Å². The summed E-state index contributed by atoms with van der Waals surface area (Å²) < 4.78 is 45.8. The molecule has 0 aliphatic carbocycles. The summed E-state index contributed by atoms with van der Waals surface area (Å²) in [7, 11) is 3.11. The lowest BCUT2D eigenvalue weighted by atomic mass is 9.81. The van der Waals surface area contributed by atoms with Gasteiger partial charge in [0.25, 0.3) is 0 Å². The van der Waals surface area contributed by atoms with Crippen molar-refractivity contribution >= 4 is 12.0 Å². The molecule has 136 valence electrons. The van der Waals surface area contributed by atoms with E-state index in [1.165, 1.54) is 33.1 Å². The van der Waals surface area contributed by atoms with Crippen LogP contribution >= 0.6 is 0 Å². The first-order chi connectivity index (χ1) is 11.0. The third-order valence-corrected chi connectivity index (χ3v) is 4.09. The van der Waals surface area contributed by atoms with E-state index in [0.717, 1.165) is 6.54 Å². The third-order valence-electron chi connectivity index (χ3n) is 4.09. The first-order valence-electron chi connectivity index (χ1n) is 7.71. The van der Waals surface area contributed by atoms with E-state index < -0.39 is 17.7 Å². The van der Waals surface area contributed by atoms with Crippen molar-refractivity contribution in [3.05, 3.63) is 23.3 Å². The molecule has 7 heteroatoms. The molecule has 1 rings (SSSR count). The zero-order valence-corrected chi connectivity index (χ0v) is 14.9. The number of halogens is 3. The van der Waals surface area contributed by atoms with Crippen molar-refractivity contribution in [2.45, 2.75) is 39.5 Å². The second kappa shape index (κ2) is 7.42. The fourth-order valence-electron chi connectivity index (χ4n) is 2.32. The molecule has 1 aromatic carbocycles. The van der Waals surface area contributed by atoms with Crippen LogP contribution in [0.2, 0.25) is 0 Å².